The minimum Gasteiger partial charge on any atom is -0.342 e. The molecule has 0 bridgehead atoms. The highest BCUT2D eigenvalue weighted by molar-refractivity contribution is 7.88. The van der Waals surface area contributed by atoms with Crippen molar-refractivity contribution in [2.75, 3.05) is 26.2 Å². The van der Waals surface area contributed by atoms with Crippen LogP contribution in [-0.2, 0) is 20.6 Å². The summed E-state index contributed by atoms with van der Waals surface area (Å²) in [7, 11) is -3.35. The van der Waals surface area contributed by atoms with E-state index in [1.54, 1.807) is 15.6 Å². The molecular weight excluding hydrogens is 406 g/mol. The molecule has 4 rings (SSSR count). The first-order valence-corrected chi connectivity index (χ1v) is 12.7. The lowest BCUT2D eigenvalue weighted by atomic mass is 9.93. The van der Waals surface area contributed by atoms with Crippen molar-refractivity contribution < 1.29 is 13.2 Å². The maximum atomic E-state index is 13.1. The summed E-state index contributed by atoms with van der Waals surface area (Å²) in [4.78, 5) is 19.5. The monoisotopic (exact) mass is 433 g/mol. The van der Waals surface area contributed by atoms with Crippen molar-refractivity contribution >= 4 is 27.3 Å². The molecule has 0 N–H and O–H groups in total. The summed E-state index contributed by atoms with van der Waals surface area (Å²) in [6.45, 7) is 2.39. The highest BCUT2D eigenvalue weighted by Gasteiger charge is 2.35. The Morgan fingerprint density at radius 1 is 1.10 bits per heavy atom. The van der Waals surface area contributed by atoms with E-state index in [4.69, 9.17) is 0 Å². The highest BCUT2D eigenvalue weighted by Crippen LogP contribution is 2.30. The van der Waals surface area contributed by atoms with Crippen LogP contribution in [0.15, 0.2) is 41.9 Å². The molecule has 1 atom stereocenters. The molecule has 2 aliphatic heterocycles. The second-order valence-corrected chi connectivity index (χ2v) is 10.8. The van der Waals surface area contributed by atoms with Gasteiger partial charge >= 0.3 is 0 Å². The number of benzene rings is 1. The number of rotatable bonds is 5. The average Bonchev–Trinajstić information content (AvgIpc) is 3.29. The van der Waals surface area contributed by atoms with Gasteiger partial charge in [-0.15, -0.1) is 11.3 Å². The Labute approximate surface area is 176 Å². The van der Waals surface area contributed by atoms with Gasteiger partial charge in [-0.05, 0) is 31.2 Å². The molecule has 8 heteroatoms. The van der Waals surface area contributed by atoms with Crippen molar-refractivity contribution in [2.24, 2.45) is 5.92 Å². The van der Waals surface area contributed by atoms with Gasteiger partial charge in [0.15, 0.2) is 0 Å². The number of carbonyl (C=O) groups excluding carboxylic acids is 1. The van der Waals surface area contributed by atoms with Crippen molar-refractivity contribution in [3.05, 3.63) is 52.5 Å². The van der Waals surface area contributed by atoms with Crippen LogP contribution < -0.4 is 0 Å². The van der Waals surface area contributed by atoms with E-state index in [-0.39, 0.29) is 17.6 Å². The Balaban J connectivity index is 1.32. The molecule has 2 aliphatic rings. The normalized spacial score (nSPS) is 21.9. The number of amides is 1. The zero-order chi connectivity index (χ0) is 20.3. The summed E-state index contributed by atoms with van der Waals surface area (Å²) in [5.41, 5.74) is 0.798. The maximum absolute atomic E-state index is 13.1. The fraction of sp³-hybridized carbons (Fsp3) is 0.524. The van der Waals surface area contributed by atoms with E-state index in [1.807, 2.05) is 46.8 Å². The fourth-order valence-electron chi connectivity index (χ4n) is 4.33. The minimum atomic E-state index is -3.35. The first-order valence-electron chi connectivity index (χ1n) is 10.2. The number of nitrogens with zero attached hydrogens (tertiary/aromatic N) is 3. The van der Waals surface area contributed by atoms with E-state index in [9.17, 15) is 13.2 Å². The first-order chi connectivity index (χ1) is 14.0. The molecule has 2 fully saturated rings. The smallest absolute Gasteiger partial charge is 0.225 e. The standard InChI is InChI=1S/C21H27N3O3S2/c25-21(23-11-4-7-19(15-23)20-22-10-14-28-20)18-8-12-24(13-9-18)29(26,27)16-17-5-2-1-3-6-17/h1-3,5-6,10,14,18-19H,4,7-9,11-13,15-16H2. The van der Waals surface area contributed by atoms with Gasteiger partial charge in [0.2, 0.25) is 15.9 Å². The number of carbonyl (C=O) groups is 1. The number of aromatic nitrogens is 1. The topological polar surface area (TPSA) is 70.6 Å². The Kier molecular flexibility index (Phi) is 6.32. The number of piperidine rings is 2. The van der Waals surface area contributed by atoms with Crippen LogP contribution in [0.5, 0.6) is 0 Å². The minimum absolute atomic E-state index is 0.0219. The second kappa shape index (κ2) is 8.93. The van der Waals surface area contributed by atoms with Gasteiger partial charge in [0.1, 0.15) is 0 Å². The number of likely N-dealkylation sites (tertiary alicyclic amines) is 1. The molecule has 2 aromatic rings. The van der Waals surface area contributed by atoms with Crippen LogP contribution >= 0.6 is 11.3 Å². The molecule has 0 aliphatic carbocycles. The molecule has 1 aromatic carbocycles. The lowest BCUT2D eigenvalue weighted by Crippen LogP contribution is -2.47. The van der Waals surface area contributed by atoms with Gasteiger partial charge in [0.05, 0.1) is 10.8 Å². The van der Waals surface area contributed by atoms with Gasteiger partial charge in [-0.3, -0.25) is 4.79 Å². The third kappa shape index (κ3) is 4.87. The molecular formula is C21H27N3O3S2. The van der Waals surface area contributed by atoms with Crippen LogP contribution in [0.3, 0.4) is 0 Å². The van der Waals surface area contributed by atoms with Crippen molar-refractivity contribution in [3.63, 3.8) is 0 Å². The summed E-state index contributed by atoms with van der Waals surface area (Å²) < 4.78 is 27.0. The first kappa shape index (κ1) is 20.5. The summed E-state index contributed by atoms with van der Waals surface area (Å²) in [6, 6.07) is 9.26. The van der Waals surface area contributed by atoms with Gasteiger partial charge < -0.3 is 4.90 Å². The van der Waals surface area contributed by atoms with Crippen LogP contribution in [0, 0.1) is 5.92 Å². The summed E-state index contributed by atoms with van der Waals surface area (Å²) in [5, 5.41) is 3.10. The Bertz CT molecular complexity index is 908. The van der Waals surface area contributed by atoms with Crippen LogP contribution in [0.4, 0.5) is 0 Å². The van der Waals surface area contributed by atoms with Gasteiger partial charge in [-0.25, -0.2) is 17.7 Å². The van der Waals surface area contributed by atoms with Gasteiger partial charge in [-0.1, -0.05) is 30.3 Å². The number of thiazole rings is 1. The quantitative estimate of drug-likeness (QED) is 0.727. The highest BCUT2D eigenvalue weighted by atomic mass is 32.2. The third-order valence-corrected chi connectivity index (χ3v) is 8.71. The zero-order valence-electron chi connectivity index (χ0n) is 16.4. The number of hydrogen-bond acceptors (Lipinski definition) is 5. The number of sulfonamides is 1. The molecule has 6 nitrogen and oxygen atoms in total. The van der Waals surface area contributed by atoms with E-state index in [1.165, 1.54) is 0 Å². The van der Waals surface area contributed by atoms with Crippen molar-refractivity contribution in [2.45, 2.75) is 37.4 Å². The molecule has 1 amide bonds. The molecule has 0 radical (unpaired) electrons. The average molecular weight is 434 g/mol. The lowest BCUT2D eigenvalue weighted by Gasteiger charge is -2.37. The molecule has 1 unspecified atom stereocenters. The van der Waals surface area contributed by atoms with Crippen molar-refractivity contribution in [1.29, 1.82) is 0 Å². The molecule has 156 valence electrons. The second-order valence-electron chi connectivity index (χ2n) is 7.91. The van der Waals surface area contributed by atoms with Crippen LogP contribution in [0.1, 0.15) is 42.2 Å². The molecule has 3 heterocycles. The van der Waals surface area contributed by atoms with Crippen LogP contribution in [0.2, 0.25) is 0 Å². The predicted octanol–water partition coefficient (Wildman–Crippen LogP) is 3.09. The lowest BCUT2D eigenvalue weighted by molar-refractivity contribution is -0.138. The summed E-state index contributed by atoms with van der Waals surface area (Å²) in [6.07, 6.45) is 5.11. The Hall–Kier alpha value is -1.77. The largest absolute Gasteiger partial charge is 0.342 e. The van der Waals surface area contributed by atoms with E-state index < -0.39 is 10.0 Å². The third-order valence-electron chi connectivity index (χ3n) is 5.92. The van der Waals surface area contributed by atoms with Gasteiger partial charge in [-0.2, -0.15) is 0 Å². The zero-order valence-corrected chi connectivity index (χ0v) is 18.1. The van der Waals surface area contributed by atoms with Gasteiger partial charge in [0.25, 0.3) is 0 Å². The van der Waals surface area contributed by atoms with Crippen molar-refractivity contribution in [3.8, 4) is 0 Å². The molecule has 1 aromatic heterocycles. The SMILES string of the molecule is O=C(C1CCN(S(=O)(=O)Cc2ccccc2)CC1)N1CCCC(c2nccs2)C1. The van der Waals surface area contributed by atoms with Crippen LogP contribution in [0.25, 0.3) is 0 Å². The Morgan fingerprint density at radius 2 is 1.86 bits per heavy atom. The van der Waals surface area contributed by atoms with Crippen molar-refractivity contribution in [1.82, 2.24) is 14.2 Å². The fourth-order valence-corrected chi connectivity index (χ4v) is 6.66. The molecule has 29 heavy (non-hydrogen) atoms. The summed E-state index contributed by atoms with van der Waals surface area (Å²) in [5.74, 6) is 0.465. The molecule has 0 saturated carbocycles. The summed E-state index contributed by atoms with van der Waals surface area (Å²) >= 11 is 1.66. The Morgan fingerprint density at radius 3 is 2.55 bits per heavy atom. The van der Waals surface area contributed by atoms with Crippen LogP contribution in [-0.4, -0.2) is 54.7 Å². The van der Waals surface area contributed by atoms with E-state index in [2.05, 4.69) is 4.98 Å². The maximum Gasteiger partial charge on any atom is 0.225 e. The van der Waals surface area contributed by atoms with Gasteiger partial charge in [0, 0.05) is 49.6 Å². The molecule has 0 spiro atoms. The van der Waals surface area contributed by atoms with E-state index in [0.717, 1.165) is 36.5 Å². The van der Waals surface area contributed by atoms with E-state index in [0.29, 0.717) is 31.8 Å². The predicted molar refractivity (Wildman–Crippen MR) is 114 cm³/mol. The molecule has 2 saturated heterocycles. The number of hydrogen-bond donors (Lipinski definition) is 0. The van der Waals surface area contributed by atoms with E-state index >= 15 is 0 Å².